The molecule has 2 aliphatic heterocycles. The first kappa shape index (κ1) is 11.6. The van der Waals surface area contributed by atoms with Gasteiger partial charge in [0, 0.05) is 25.6 Å². The summed E-state index contributed by atoms with van der Waals surface area (Å²) >= 11 is 0. The topological polar surface area (TPSA) is 78.3 Å². The van der Waals surface area contributed by atoms with Crippen molar-refractivity contribution in [1.82, 2.24) is 20.3 Å². The number of carbonyl (C=O) groups is 1. The van der Waals surface area contributed by atoms with Gasteiger partial charge in [0.15, 0.2) is 5.69 Å². The maximum atomic E-state index is 11.7. The first-order valence-corrected chi connectivity index (χ1v) is 6.20. The van der Waals surface area contributed by atoms with Gasteiger partial charge in [-0.05, 0) is 6.42 Å². The third kappa shape index (κ3) is 2.37. The molecule has 3 heterocycles. The van der Waals surface area contributed by atoms with Gasteiger partial charge in [-0.25, -0.2) is 9.48 Å². The van der Waals surface area contributed by atoms with E-state index in [0.717, 1.165) is 26.1 Å². The summed E-state index contributed by atoms with van der Waals surface area (Å²) in [5.41, 5.74) is 0.279. The number of aromatic nitrogens is 3. The molecule has 0 saturated carbocycles. The molecule has 2 aliphatic rings. The van der Waals surface area contributed by atoms with Gasteiger partial charge in [-0.1, -0.05) is 5.21 Å². The highest BCUT2D eigenvalue weighted by Crippen LogP contribution is 2.14. The highest BCUT2D eigenvalue weighted by atomic mass is 16.5. The molecule has 1 atom stereocenters. The van der Waals surface area contributed by atoms with Crippen molar-refractivity contribution in [2.75, 3.05) is 32.9 Å². The van der Waals surface area contributed by atoms with Crippen molar-refractivity contribution in [1.29, 1.82) is 0 Å². The van der Waals surface area contributed by atoms with Crippen LogP contribution in [0.3, 0.4) is 0 Å². The maximum absolute atomic E-state index is 11.7. The van der Waals surface area contributed by atoms with Crippen molar-refractivity contribution in [3.63, 3.8) is 0 Å². The number of ether oxygens (including phenoxy) is 2. The molecule has 0 aliphatic carbocycles. The van der Waals surface area contributed by atoms with E-state index in [1.807, 2.05) is 0 Å². The zero-order valence-corrected chi connectivity index (χ0v) is 10.0. The predicted molar refractivity (Wildman–Crippen MR) is 61.1 cm³/mol. The van der Waals surface area contributed by atoms with Crippen LogP contribution in [0.2, 0.25) is 0 Å². The first-order chi connectivity index (χ1) is 8.83. The zero-order valence-electron chi connectivity index (χ0n) is 10.0. The summed E-state index contributed by atoms with van der Waals surface area (Å²) < 4.78 is 12.1. The lowest BCUT2D eigenvalue weighted by Gasteiger charge is -2.26. The van der Waals surface area contributed by atoms with Crippen molar-refractivity contribution >= 4 is 5.97 Å². The summed E-state index contributed by atoms with van der Waals surface area (Å²) in [6, 6.07) is 0.308. The van der Waals surface area contributed by atoms with E-state index in [-0.39, 0.29) is 5.69 Å². The van der Waals surface area contributed by atoms with E-state index in [1.54, 1.807) is 10.9 Å². The van der Waals surface area contributed by atoms with Gasteiger partial charge in [0.2, 0.25) is 0 Å². The third-order valence-corrected chi connectivity index (χ3v) is 3.33. The van der Waals surface area contributed by atoms with Gasteiger partial charge in [-0.3, -0.25) is 0 Å². The molecule has 0 bridgehead atoms. The molecular formula is C11H16N4O3. The number of nitrogens with one attached hydrogen (secondary N) is 1. The number of carbonyl (C=O) groups excluding carboxylic acids is 1. The Balaban J connectivity index is 1.52. The minimum atomic E-state index is -0.402. The van der Waals surface area contributed by atoms with Crippen LogP contribution < -0.4 is 5.32 Å². The molecule has 98 valence electrons. The van der Waals surface area contributed by atoms with Crippen LogP contribution in [0.15, 0.2) is 6.20 Å². The molecule has 1 N–H and O–H groups in total. The molecule has 2 saturated heterocycles. The van der Waals surface area contributed by atoms with E-state index < -0.39 is 5.97 Å². The number of hydrogen-bond donors (Lipinski definition) is 1. The van der Waals surface area contributed by atoms with Crippen LogP contribution in [0, 0.1) is 5.92 Å². The van der Waals surface area contributed by atoms with Gasteiger partial charge in [0.25, 0.3) is 0 Å². The molecule has 2 fully saturated rings. The minimum Gasteiger partial charge on any atom is -0.460 e. The van der Waals surface area contributed by atoms with Crippen LogP contribution >= 0.6 is 0 Å². The van der Waals surface area contributed by atoms with Crippen molar-refractivity contribution in [3.05, 3.63) is 11.9 Å². The molecule has 0 amide bonds. The monoisotopic (exact) mass is 252 g/mol. The van der Waals surface area contributed by atoms with Gasteiger partial charge >= 0.3 is 5.97 Å². The van der Waals surface area contributed by atoms with E-state index in [0.29, 0.717) is 25.2 Å². The van der Waals surface area contributed by atoms with Crippen LogP contribution in [0.25, 0.3) is 0 Å². The average Bonchev–Trinajstić information content (AvgIpc) is 2.94. The number of hydrogen-bond acceptors (Lipinski definition) is 6. The molecule has 3 rings (SSSR count). The average molecular weight is 252 g/mol. The molecule has 1 aromatic heterocycles. The Hall–Kier alpha value is -1.47. The lowest BCUT2D eigenvalue weighted by Crippen LogP contribution is -2.43. The summed E-state index contributed by atoms with van der Waals surface area (Å²) in [7, 11) is 0. The summed E-state index contributed by atoms with van der Waals surface area (Å²) in [6.45, 7) is 3.58. The number of esters is 1. The Morgan fingerprint density at radius 2 is 2.50 bits per heavy atom. The van der Waals surface area contributed by atoms with Crippen LogP contribution in [0.5, 0.6) is 0 Å². The van der Waals surface area contributed by atoms with Crippen LogP contribution in [0.1, 0.15) is 23.0 Å². The van der Waals surface area contributed by atoms with E-state index in [2.05, 4.69) is 15.6 Å². The number of rotatable bonds is 4. The summed E-state index contributed by atoms with van der Waals surface area (Å²) in [6.07, 6.45) is 2.60. The van der Waals surface area contributed by atoms with Gasteiger partial charge in [-0.2, -0.15) is 0 Å². The van der Waals surface area contributed by atoms with Crippen molar-refractivity contribution < 1.29 is 14.3 Å². The van der Waals surface area contributed by atoms with Gasteiger partial charge in [-0.15, -0.1) is 5.10 Å². The Morgan fingerprint density at radius 3 is 3.17 bits per heavy atom. The molecule has 1 unspecified atom stereocenters. The Labute approximate surface area is 104 Å². The molecular weight excluding hydrogens is 236 g/mol. The fourth-order valence-corrected chi connectivity index (χ4v) is 1.99. The second-order valence-electron chi connectivity index (χ2n) is 4.72. The van der Waals surface area contributed by atoms with Crippen molar-refractivity contribution in [2.24, 2.45) is 5.92 Å². The maximum Gasteiger partial charge on any atom is 0.360 e. The van der Waals surface area contributed by atoms with E-state index in [1.165, 1.54) is 0 Å². The fraction of sp³-hybridized carbons (Fsp3) is 0.727. The van der Waals surface area contributed by atoms with E-state index >= 15 is 0 Å². The standard InChI is InChI=1S/C11H16N4O3/c16-11(18-7-8-1-2-17-6-8)10-5-15(14-13-10)9-3-12-4-9/h5,8-9,12H,1-4,6-7H2. The quantitative estimate of drug-likeness (QED) is 0.736. The van der Waals surface area contributed by atoms with E-state index in [9.17, 15) is 4.79 Å². The summed E-state index contributed by atoms with van der Waals surface area (Å²) in [5, 5.41) is 10.9. The Bertz CT molecular complexity index is 424. The highest BCUT2D eigenvalue weighted by Gasteiger charge is 2.23. The lowest BCUT2D eigenvalue weighted by atomic mass is 10.1. The SMILES string of the molecule is O=C(OCC1CCOC1)c1cn(C2CNC2)nn1. The minimum absolute atomic E-state index is 0.279. The van der Waals surface area contributed by atoms with Crippen LogP contribution in [-0.4, -0.2) is 53.9 Å². The molecule has 0 aromatic carbocycles. The second kappa shape index (κ2) is 5.03. The summed E-state index contributed by atoms with van der Waals surface area (Å²) in [4.78, 5) is 11.7. The fourth-order valence-electron chi connectivity index (χ4n) is 1.99. The normalized spacial score (nSPS) is 23.9. The molecule has 0 spiro atoms. The van der Waals surface area contributed by atoms with Gasteiger partial charge < -0.3 is 14.8 Å². The van der Waals surface area contributed by atoms with Gasteiger partial charge in [0.1, 0.15) is 0 Å². The smallest absolute Gasteiger partial charge is 0.360 e. The molecule has 18 heavy (non-hydrogen) atoms. The summed E-state index contributed by atoms with van der Waals surface area (Å²) in [5.74, 6) is -0.0831. The third-order valence-electron chi connectivity index (χ3n) is 3.33. The molecule has 0 radical (unpaired) electrons. The predicted octanol–water partition coefficient (Wildman–Crippen LogP) is -0.384. The molecule has 7 heteroatoms. The largest absolute Gasteiger partial charge is 0.460 e. The van der Waals surface area contributed by atoms with Crippen LogP contribution in [0.4, 0.5) is 0 Å². The first-order valence-electron chi connectivity index (χ1n) is 6.20. The van der Waals surface area contributed by atoms with Gasteiger partial charge in [0.05, 0.1) is 25.5 Å². The highest BCUT2D eigenvalue weighted by molar-refractivity contribution is 5.86. The van der Waals surface area contributed by atoms with Crippen LogP contribution in [-0.2, 0) is 9.47 Å². The molecule has 7 nitrogen and oxygen atoms in total. The van der Waals surface area contributed by atoms with Crippen molar-refractivity contribution in [2.45, 2.75) is 12.5 Å². The lowest BCUT2D eigenvalue weighted by molar-refractivity contribution is 0.0421. The van der Waals surface area contributed by atoms with Crippen molar-refractivity contribution in [3.8, 4) is 0 Å². The second-order valence-corrected chi connectivity index (χ2v) is 4.72. The zero-order chi connectivity index (χ0) is 12.4. The Kier molecular flexibility index (Phi) is 3.24. The van der Waals surface area contributed by atoms with E-state index in [4.69, 9.17) is 9.47 Å². The molecule has 1 aromatic rings. The number of nitrogens with zero attached hydrogens (tertiary/aromatic N) is 3. The Morgan fingerprint density at radius 1 is 1.61 bits per heavy atom.